The van der Waals surface area contributed by atoms with Crippen molar-refractivity contribution in [2.24, 2.45) is 5.41 Å². The summed E-state index contributed by atoms with van der Waals surface area (Å²) in [5, 5.41) is 0. The maximum Gasteiger partial charge on any atom is 0.137 e. The van der Waals surface area contributed by atoms with Crippen LogP contribution in [0.1, 0.15) is 32.1 Å². The van der Waals surface area contributed by atoms with E-state index < -0.39 is 0 Å². The Balaban J connectivity index is 2.14. The Morgan fingerprint density at radius 3 is 2.50 bits per heavy atom. The molecule has 2 aliphatic carbocycles. The van der Waals surface area contributed by atoms with Crippen molar-refractivity contribution in [3.05, 3.63) is 12.2 Å². The Morgan fingerprint density at radius 1 is 1.30 bits per heavy atom. The van der Waals surface area contributed by atoms with Crippen LogP contribution in [-0.4, -0.2) is 5.78 Å². The normalized spacial score (nSPS) is 29.2. The average molecular weight is 136 g/mol. The minimum absolute atomic E-state index is 0.411. The van der Waals surface area contributed by atoms with Crippen LogP contribution in [-0.2, 0) is 4.79 Å². The molecule has 2 saturated carbocycles. The van der Waals surface area contributed by atoms with Gasteiger partial charge in [-0.1, -0.05) is 12.2 Å². The minimum atomic E-state index is 0.411. The number of hydrogen-bond donors (Lipinski definition) is 0. The molecule has 0 heterocycles. The summed E-state index contributed by atoms with van der Waals surface area (Å²) in [6, 6.07) is 0. The van der Waals surface area contributed by atoms with Crippen LogP contribution in [0.4, 0.5) is 0 Å². The van der Waals surface area contributed by atoms with E-state index in [4.69, 9.17) is 0 Å². The van der Waals surface area contributed by atoms with Crippen molar-refractivity contribution in [1.82, 2.24) is 0 Å². The maximum absolute atomic E-state index is 11.1. The largest absolute Gasteiger partial charge is 0.299 e. The lowest BCUT2D eigenvalue weighted by Gasteiger charge is -2.21. The molecule has 2 rings (SSSR count). The Morgan fingerprint density at radius 2 is 2.00 bits per heavy atom. The van der Waals surface area contributed by atoms with E-state index in [0.29, 0.717) is 17.6 Å². The maximum atomic E-state index is 11.1. The highest BCUT2D eigenvalue weighted by molar-refractivity contribution is 5.83. The quantitative estimate of drug-likeness (QED) is 0.466. The minimum Gasteiger partial charge on any atom is -0.299 e. The number of carbonyl (C=O) groups is 1. The molecule has 1 nitrogen and oxygen atoms in total. The van der Waals surface area contributed by atoms with Crippen LogP contribution >= 0.6 is 0 Å². The van der Waals surface area contributed by atoms with Gasteiger partial charge in [-0.3, -0.25) is 4.79 Å². The molecule has 0 atom stereocenters. The van der Waals surface area contributed by atoms with Gasteiger partial charge in [0.05, 0.1) is 0 Å². The second-order valence-electron chi connectivity index (χ2n) is 3.82. The molecule has 0 aromatic heterocycles. The van der Waals surface area contributed by atoms with Gasteiger partial charge in [-0.05, 0) is 24.7 Å². The monoisotopic (exact) mass is 136 g/mol. The van der Waals surface area contributed by atoms with Crippen LogP contribution in [0.3, 0.4) is 0 Å². The van der Waals surface area contributed by atoms with Crippen molar-refractivity contribution < 1.29 is 4.79 Å². The highest BCUT2D eigenvalue weighted by Gasteiger charge is 2.46. The molecule has 1 heteroatoms. The van der Waals surface area contributed by atoms with Crippen LogP contribution in [0.2, 0.25) is 0 Å². The second kappa shape index (κ2) is 1.71. The molecule has 2 aliphatic rings. The summed E-state index contributed by atoms with van der Waals surface area (Å²) in [6.07, 6.45) is 5.14. The van der Waals surface area contributed by atoms with E-state index in [0.717, 1.165) is 18.4 Å². The summed E-state index contributed by atoms with van der Waals surface area (Å²) >= 11 is 0. The van der Waals surface area contributed by atoms with E-state index in [1.54, 1.807) is 0 Å². The zero-order valence-corrected chi connectivity index (χ0v) is 6.15. The summed E-state index contributed by atoms with van der Waals surface area (Å²) in [5.74, 6) is 0.411. The lowest BCUT2D eigenvalue weighted by molar-refractivity contribution is -0.120. The highest BCUT2D eigenvalue weighted by atomic mass is 16.1. The SMILES string of the molecule is C=C1CC(=O)CC2(CC2)C1. The molecule has 0 bridgehead atoms. The van der Waals surface area contributed by atoms with Gasteiger partial charge in [0.2, 0.25) is 0 Å². The number of Topliss-reactive ketones (excluding diaryl/α,β-unsaturated/α-hetero) is 1. The number of carbonyl (C=O) groups excluding carboxylic acids is 1. The van der Waals surface area contributed by atoms with Gasteiger partial charge in [-0.2, -0.15) is 0 Å². The molecule has 10 heavy (non-hydrogen) atoms. The van der Waals surface area contributed by atoms with Gasteiger partial charge in [0, 0.05) is 12.8 Å². The van der Waals surface area contributed by atoms with E-state index in [1.807, 2.05) is 0 Å². The summed E-state index contributed by atoms with van der Waals surface area (Å²) in [5.41, 5.74) is 1.58. The highest BCUT2D eigenvalue weighted by Crippen LogP contribution is 2.56. The summed E-state index contributed by atoms with van der Waals surface area (Å²) in [4.78, 5) is 11.1. The van der Waals surface area contributed by atoms with Crippen molar-refractivity contribution in [3.63, 3.8) is 0 Å². The van der Waals surface area contributed by atoms with E-state index >= 15 is 0 Å². The number of hydrogen-bond acceptors (Lipinski definition) is 1. The third kappa shape index (κ3) is 0.898. The molecule has 0 unspecified atom stereocenters. The van der Waals surface area contributed by atoms with E-state index in [2.05, 4.69) is 6.58 Å². The van der Waals surface area contributed by atoms with Gasteiger partial charge >= 0.3 is 0 Å². The molecule has 0 aliphatic heterocycles. The average Bonchev–Trinajstić information content (AvgIpc) is 2.44. The number of allylic oxidation sites excluding steroid dienone is 1. The molecular formula is C9H12O. The van der Waals surface area contributed by atoms with Gasteiger partial charge in [0.15, 0.2) is 0 Å². The predicted octanol–water partition coefficient (Wildman–Crippen LogP) is 2.08. The summed E-state index contributed by atoms with van der Waals surface area (Å²) < 4.78 is 0. The molecule has 2 fully saturated rings. The zero-order valence-electron chi connectivity index (χ0n) is 6.15. The number of rotatable bonds is 0. The van der Waals surface area contributed by atoms with Gasteiger partial charge in [0.1, 0.15) is 5.78 Å². The third-order valence-corrected chi connectivity index (χ3v) is 2.60. The van der Waals surface area contributed by atoms with Gasteiger partial charge in [-0.25, -0.2) is 0 Å². The standard InChI is InChI=1S/C9H12O/c1-7-4-8(10)6-9(5-7)2-3-9/h1-6H2. The number of ketones is 1. The first kappa shape index (κ1) is 6.14. The van der Waals surface area contributed by atoms with Crippen molar-refractivity contribution in [2.75, 3.05) is 0 Å². The topological polar surface area (TPSA) is 17.1 Å². The molecule has 0 N–H and O–H groups in total. The van der Waals surface area contributed by atoms with E-state index in [1.165, 1.54) is 12.8 Å². The molecule has 0 radical (unpaired) electrons. The Labute approximate surface area is 61.1 Å². The fourth-order valence-electron chi connectivity index (χ4n) is 1.95. The van der Waals surface area contributed by atoms with Crippen LogP contribution in [0.5, 0.6) is 0 Å². The lowest BCUT2D eigenvalue weighted by Crippen LogP contribution is -2.17. The Kier molecular flexibility index (Phi) is 1.05. The fourth-order valence-corrected chi connectivity index (χ4v) is 1.95. The van der Waals surface area contributed by atoms with Crippen molar-refractivity contribution >= 4 is 5.78 Å². The molecule has 54 valence electrons. The van der Waals surface area contributed by atoms with Crippen molar-refractivity contribution in [2.45, 2.75) is 32.1 Å². The van der Waals surface area contributed by atoms with E-state index in [9.17, 15) is 4.79 Å². The van der Waals surface area contributed by atoms with Crippen LogP contribution in [0, 0.1) is 5.41 Å². The zero-order chi connectivity index (χ0) is 7.19. The predicted molar refractivity (Wildman–Crippen MR) is 39.7 cm³/mol. The van der Waals surface area contributed by atoms with Gasteiger partial charge in [0.25, 0.3) is 0 Å². The van der Waals surface area contributed by atoms with Crippen LogP contribution in [0.15, 0.2) is 12.2 Å². The first-order chi connectivity index (χ1) is 4.70. The molecule has 0 saturated heterocycles. The van der Waals surface area contributed by atoms with E-state index in [-0.39, 0.29) is 0 Å². The Bertz CT molecular complexity index is 181. The molecule has 0 amide bonds. The summed E-state index contributed by atoms with van der Waals surface area (Å²) in [7, 11) is 0. The molecule has 0 aromatic carbocycles. The van der Waals surface area contributed by atoms with Gasteiger partial charge in [-0.15, -0.1) is 0 Å². The summed E-state index contributed by atoms with van der Waals surface area (Å²) in [6.45, 7) is 3.88. The van der Waals surface area contributed by atoms with Crippen LogP contribution in [0.25, 0.3) is 0 Å². The molecule has 1 spiro atoms. The third-order valence-electron chi connectivity index (χ3n) is 2.60. The fraction of sp³-hybridized carbons (Fsp3) is 0.667. The van der Waals surface area contributed by atoms with Gasteiger partial charge < -0.3 is 0 Å². The second-order valence-corrected chi connectivity index (χ2v) is 3.82. The molecular weight excluding hydrogens is 124 g/mol. The first-order valence-electron chi connectivity index (χ1n) is 3.89. The van der Waals surface area contributed by atoms with Crippen molar-refractivity contribution in [1.29, 1.82) is 0 Å². The van der Waals surface area contributed by atoms with Crippen molar-refractivity contribution in [3.8, 4) is 0 Å². The first-order valence-corrected chi connectivity index (χ1v) is 3.89. The van der Waals surface area contributed by atoms with Crippen LogP contribution < -0.4 is 0 Å². The smallest absolute Gasteiger partial charge is 0.137 e. The Hall–Kier alpha value is -0.590. The lowest BCUT2D eigenvalue weighted by atomic mass is 9.83. The molecule has 0 aromatic rings.